The average molecular weight is 304 g/mol. The summed E-state index contributed by atoms with van der Waals surface area (Å²) in [7, 11) is 0. The van der Waals surface area contributed by atoms with E-state index in [4.69, 9.17) is 10.2 Å². The Morgan fingerprint density at radius 1 is 1.06 bits per heavy atom. The number of hydrogen-bond acceptors (Lipinski definition) is 2. The van der Waals surface area contributed by atoms with Gasteiger partial charge in [0, 0.05) is 51.9 Å². The molecule has 0 aromatic heterocycles. The number of carboxylic acid groups (broad SMARTS) is 2. The molecule has 5 heteroatoms. The van der Waals surface area contributed by atoms with E-state index < -0.39 is 22.8 Å². The summed E-state index contributed by atoms with van der Waals surface area (Å²) < 4.78 is 0. The quantitative estimate of drug-likeness (QED) is 0.736. The van der Waals surface area contributed by atoms with Crippen LogP contribution in [0.15, 0.2) is 0 Å². The number of hydrogen-bond donors (Lipinski definition) is 2. The minimum absolute atomic E-state index is 0. The summed E-state index contributed by atoms with van der Waals surface area (Å²) in [5.74, 6) is -1.68. The molecule has 0 rings (SSSR count). The van der Waals surface area contributed by atoms with Crippen LogP contribution in [0.5, 0.6) is 0 Å². The molecule has 0 fully saturated rings. The van der Waals surface area contributed by atoms with Gasteiger partial charge >= 0.3 is 11.9 Å². The van der Waals surface area contributed by atoms with Gasteiger partial charge in [0.1, 0.15) is 0 Å². The van der Waals surface area contributed by atoms with Crippen molar-refractivity contribution in [2.75, 3.05) is 0 Å². The summed E-state index contributed by atoms with van der Waals surface area (Å²) in [4.78, 5) is 21.4. The molecule has 0 amide bonds. The van der Waals surface area contributed by atoms with Gasteiger partial charge in [-0.05, 0) is 32.1 Å². The van der Waals surface area contributed by atoms with Crippen LogP contribution in [-0.2, 0) is 9.59 Å². The van der Waals surface area contributed by atoms with E-state index in [0.717, 1.165) is 0 Å². The summed E-state index contributed by atoms with van der Waals surface area (Å²) >= 11 is 0. The molecule has 4 nitrogen and oxygen atoms in total. The smallest absolute Gasteiger partial charge is 0.309 e. The van der Waals surface area contributed by atoms with Crippen LogP contribution in [0.4, 0.5) is 0 Å². The fourth-order valence-corrected chi connectivity index (χ4v) is 1.28. The fourth-order valence-electron chi connectivity index (χ4n) is 1.28. The first kappa shape index (κ1) is 18.8. The Labute approximate surface area is 134 Å². The van der Waals surface area contributed by atoms with Gasteiger partial charge in [0.25, 0.3) is 0 Å². The summed E-state index contributed by atoms with van der Waals surface area (Å²) in [6.45, 7) is 7.08. The monoisotopic (exact) mass is 304 g/mol. The van der Waals surface area contributed by atoms with Gasteiger partial charge in [0.15, 0.2) is 0 Å². The van der Waals surface area contributed by atoms with Crippen molar-refractivity contribution in [3.8, 4) is 0 Å². The minimum atomic E-state index is -0.845. The van der Waals surface area contributed by atoms with Crippen LogP contribution in [0, 0.1) is 10.8 Å². The van der Waals surface area contributed by atoms with E-state index in [0.29, 0.717) is 12.8 Å². The van der Waals surface area contributed by atoms with Crippen LogP contribution in [-0.4, -0.2) is 67.6 Å². The van der Waals surface area contributed by atoms with Gasteiger partial charge in [-0.15, -0.1) is 0 Å². The average Bonchev–Trinajstić information content (AvgIpc) is 2.02. The van der Waals surface area contributed by atoms with Crippen LogP contribution in [0.25, 0.3) is 0 Å². The fraction of sp³-hybridized carbons (Fsp3) is 0.818. The van der Waals surface area contributed by atoms with Crippen LogP contribution >= 0.6 is 0 Å². The van der Waals surface area contributed by atoms with Crippen LogP contribution in [0.2, 0.25) is 0 Å². The van der Waals surface area contributed by atoms with Crippen LogP contribution in [0.1, 0.15) is 47.0 Å². The van der Waals surface area contributed by atoms with Gasteiger partial charge in [-0.2, -0.15) is 0 Å². The van der Waals surface area contributed by atoms with E-state index in [1.807, 2.05) is 13.8 Å². The molecule has 16 heavy (non-hydrogen) atoms. The van der Waals surface area contributed by atoms with Gasteiger partial charge in [0.2, 0.25) is 0 Å². The maximum absolute atomic E-state index is 11.0. The Bertz CT molecular complexity index is 259. The first-order valence-corrected chi connectivity index (χ1v) is 5.06. The SMILES string of the molecule is CC(C)(CCCC(=O)O)C(C)(C)C(=O)O.[Sr]. The molecule has 0 saturated carbocycles. The zero-order chi connectivity index (χ0) is 12.3. The first-order valence-electron chi connectivity index (χ1n) is 5.06. The molecule has 0 aromatic rings. The van der Waals surface area contributed by atoms with Crippen molar-refractivity contribution >= 4 is 57.4 Å². The van der Waals surface area contributed by atoms with Crippen LogP contribution < -0.4 is 0 Å². The van der Waals surface area contributed by atoms with E-state index in [1.165, 1.54) is 0 Å². The molecular formula is C11H20O4Sr. The van der Waals surface area contributed by atoms with Gasteiger partial charge in [-0.3, -0.25) is 9.59 Å². The molecule has 0 heterocycles. The van der Waals surface area contributed by atoms with Gasteiger partial charge in [-0.1, -0.05) is 13.8 Å². The molecule has 0 aliphatic rings. The Morgan fingerprint density at radius 3 is 1.81 bits per heavy atom. The number of aliphatic carboxylic acids is 2. The normalized spacial score (nSPS) is 11.8. The van der Waals surface area contributed by atoms with Crippen molar-refractivity contribution in [3.63, 3.8) is 0 Å². The predicted molar refractivity (Wildman–Crippen MR) is 62.4 cm³/mol. The van der Waals surface area contributed by atoms with Crippen molar-refractivity contribution in [1.82, 2.24) is 0 Å². The van der Waals surface area contributed by atoms with Gasteiger partial charge < -0.3 is 10.2 Å². The van der Waals surface area contributed by atoms with Crippen molar-refractivity contribution in [2.45, 2.75) is 47.0 Å². The Morgan fingerprint density at radius 2 is 1.50 bits per heavy atom. The Hall–Kier alpha value is 0.421. The molecule has 0 aromatic carbocycles. The summed E-state index contributed by atoms with van der Waals surface area (Å²) in [6, 6.07) is 0. The van der Waals surface area contributed by atoms with Crippen molar-refractivity contribution in [1.29, 1.82) is 0 Å². The van der Waals surface area contributed by atoms with Gasteiger partial charge in [-0.25, -0.2) is 0 Å². The molecular weight excluding hydrogens is 284 g/mol. The Balaban J connectivity index is 0. The number of carbonyl (C=O) groups is 2. The minimum Gasteiger partial charge on any atom is -0.481 e. The summed E-state index contributed by atoms with van der Waals surface area (Å²) in [6.07, 6.45) is 1.21. The molecule has 0 unspecified atom stereocenters. The standard InChI is InChI=1S/C11H20O4.Sr/c1-10(2,7-5-6-8(12)13)11(3,4)9(14)15;/h5-7H2,1-4H3,(H,12,13)(H,14,15);. The summed E-state index contributed by atoms with van der Waals surface area (Å²) in [5, 5.41) is 17.6. The largest absolute Gasteiger partial charge is 0.481 e. The molecule has 0 aliphatic carbocycles. The topological polar surface area (TPSA) is 74.6 Å². The molecule has 0 spiro atoms. The Kier molecular flexibility index (Phi) is 8.20. The number of carboxylic acids is 2. The molecule has 2 radical (unpaired) electrons. The third-order valence-corrected chi connectivity index (χ3v) is 3.42. The van der Waals surface area contributed by atoms with E-state index in [2.05, 4.69) is 0 Å². The third kappa shape index (κ3) is 5.17. The summed E-state index contributed by atoms with van der Waals surface area (Å²) in [5.41, 5.74) is -1.25. The molecule has 0 atom stereocenters. The zero-order valence-corrected chi connectivity index (χ0v) is 14.0. The van der Waals surface area contributed by atoms with Crippen LogP contribution in [0.3, 0.4) is 0 Å². The zero-order valence-electron chi connectivity index (χ0n) is 10.5. The first-order chi connectivity index (χ1) is 6.61. The molecule has 0 bridgehead atoms. The number of rotatable bonds is 6. The van der Waals surface area contributed by atoms with Gasteiger partial charge in [0.05, 0.1) is 5.41 Å². The van der Waals surface area contributed by atoms with Crippen molar-refractivity contribution in [2.24, 2.45) is 10.8 Å². The maximum atomic E-state index is 11.0. The second kappa shape index (κ2) is 6.99. The second-order valence-electron chi connectivity index (χ2n) is 5.06. The van der Waals surface area contributed by atoms with Crippen molar-refractivity contribution < 1.29 is 19.8 Å². The van der Waals surface area contributed by atoms with E-state index in [-0.39, 0.29) is 51.9 Å². The molecule has 2 N–H and O–H groups in total. The predicted octanol–water partition coefficient (Wildman–Crippen LogP) is 2.00. The maximum Gasteiger partial charge on any atom is 0.309 e. The van der Waals surface area contributed by atoms with E-state index >= 15 is 0 Å². The third-order valence-electron chi connectivity index (χ3n) is 3.42. The molecule has 90 valence electrons. The molecule has 0 aliphatic heterocycles. The van der Waals surface area contributed by atoms with Crippen molar-refractivity contribution in [3.05, 3.63) is 0 Å². The second-order valence-corrected chi connectivity index (χ2v) is 5.06. The van der Waals surface area contributed by atoms with E-state index in [9.17, 15) is 9.59 Å². The van der Waals surface area contributed by atoms with E-state index in [1.54, 1.807) is 13.8 Å². The molecule has 0 saturated heterocycles.